The van der Waals surface area contributed by atoms with E-state index in [4.69, 9.17) is 6.58 Å². The van der Waals surface area contributed by atoms with Crippen LogP contribution >= 0.6 is 0 Å². The van der Waals surface area contributed by atoms with Crippen molar-refractivity contribution in [2.75, 3.05) is 9.80 Å². The first-order valence-electron chi connectivity index (χ1n) is 18.9. The van der Waals surface area contributed by atoms with Crippen LogP contribution in [0.2, 0.25) is 0 Å². The third kappa shape index (κ3) is 8.19. The van der Waals surface area contributed by atoms with Crippen molar-refractivity contribution in [1.29, 1.82) is 0 Å². The summed E-state index contributed by atoms with van der Waals surface area (Å²) in [7, 11) is 0. The lowest BCUT2D eigenvalue weighted by molar-refractivity contribution is 1.19. The lowest BCUT2D eigenvalue weighted by Crippen LogP contribution is -2.15. The van der Waals surface area contributed by atoms with Gasteiger partial charge in [0.1, 0.15) is 0 Å². The van der Waals surface area contributed by atoms with E-state index in [0.717, 1.165) is 50.8 Å². The molecule has 0 aliphatic carbocycles. The van der Waals surface area contributed by atoms with Crippen molar-refractivity contribution in [3.63, 3.8) is 0 Å². The molecule has 272 valence electrons. The minimum Gasteiger partial charge on any atom is -0.311 e. The molecule has 0 saturated carbocycles. The Hall–Kier alpha value is -5.86. The third-order valence-corrected chi connectivity index (χ3v) is 9.89. The molecule has 2 nitrogen and oxygen atoms in total. The maximum Gasteiger partial charge on any atom is 0.0542 e. The minimum atomic E-state index is 0.905. The van der Waals surface area contributed by atoms with Gasteiger partial charge in [-0.1, -0.05) is 73.9 Å². The highest BCUT2D eigenvalue weighted by molar-refractivity contribution is 6.05. The Morgan fingerprint density at radius 1 is 0.500 bits per heavy atom. The molecule has 0 saturated heterocycles. The topological polar surface area (TPSA) is 6.48 Å². The molecule has 6 aromatic rings. The Morgan fingerprint density at radius 3 is 1.33 bits per heavy atom. The molecule has 0 bridgehead atoms. The van der Waals surface area contributed by atoms with Crippen molar-refractivity contribution in [2.45, 2.75) is 69.2 Å². The summed E-state index contributed by atoms with van der Waals surface area (Å²) in [5.41, 5.74) is 21.1. The van der Waals surface area contributed by atoms with Crippen LogP contribution in [0, 0.1) is 62.3 Å². The lowest BCUT2D eigenvalue weighted by atomic mass is 9.91. The van der Waals surface area contributed by atoms with Crippen molar-refractivity contribution >= 4 is 50.9 Å². The predicted molar refractivity (Wildman–Crippen MR) is 238 cm³/mol. The molecular formula is C52H54N2. The average Bonchev–Trinajstić information content (AvgIpc) is 3.05. The van der Waals surface area contributed by atoms with E-state index in [1.165, 1.54) is 60.8 Å². The summed E-state index contributed by atoms with van der Waals surface area (Å²) in [5.74, 6) is 0. The van der Waals surface area contributed by atoms with Gasteiger partial charge >= 0.3 is 0 Å². The summed E-state index contributed by atoms with van der Waals surface area (Å²) in [5, 5.41) is 2.38. The normalized spacial score (nSPS) is 11.7. The quantitative estimate of drug-likeness (QED) is 0.131. The van der Waals surface area contributed by atoms with E-state index in [9.17, 15) is 0 Å². The van der Waals surface area contributed by atoms with E-state index < -0.39 is 0 Å². The molecule has 0 N–H and O–H groups in total. The Bertz CT molecular complexity index is 2300. The van der Waals surface area contributed by atoms with Gasteiger partial charge in [-0.15, -0.1) is 0 Å². The summed E-state index contributed by atoms with van der Waals surface area (Å²) in [6.45, 7) is 30.5. The molecule has 2 heteroatoms. The van der Waals surface area contributed by atoms with Crippen LogP contribution in [0.5, 0.6) is 0 Å². The highest BCUT2D eigenvalue weighted by Gasteiger charge is 2.20. The molecule has 0 unspecified atom stereocenters. The van der Waals surface area contributed by atoms with Crippen LogP contribution in [0.3, 0.4) is 0 Å². The second kappa shape index (κ2) is 15.6. The van der Waals surface area contributed by atoms with Gasteiger partial charge in [0.25, 0.3) is 0 Å². The van der Waals surface area contributed by atoms with Gasteiger partial charge in [0.05, 0.1) is 5.69 Å². The standard InChI is InChI=1S/C52H54N2/c1-13-14-15-49-48(42(11)32-43(12)53(44-22-33(2)18-34(3)23-44)45-24-35(4)19-36(5)25-45)16-17-50-51(49)30-41(10)31-52(50)54(46-26-37(6)20-38(7)27-46)47-28-39(8)21-40(9)29-47/h13-32H,1,12H2,2-11H3/b15-14-,42-32-. The van der Waals surface area contributed by atoms with Crippen LogP contribution < -0.4 is 9.80 Å². The molecule has 0 fully saturated rings. The number of benzene rings is 6. The Kier molecular flexibility index (Phi) is 11.0. The van der Waals surface area contributed by atoms with Crippen molar-refractivity contribution in [2.24, 2.45) is 0 Å². The van der Waals surface area contributed by atoms with Gasteiger partial charge in [-0.2, -0.15) is 0 Å². The third-order valence-electron chi connectivity index (χ3n) is 9.89. The van der Waals surface area contributed by atoms with Crippen molar-refractivity contribution in [3.8, 4) is 0 Å². The molecule has 0 amide bonds. The van der Waals surface area contributed by atoms with Crippen LogP contribution in [0.4, 0.5) is 28.4 Å². The van der Waals surface area contributed by atoms with Crippen LogP contribution in [0.25, 0.3) is 22.4 Å². The molecule has 6 rings (SSSR count). The highest BCUT2D eigenvalue weighted by Crippen LogP contribution is 2.43. The minimum absolute atomic E-state index is 0.905. The first-order chi connectivity index (χ1) is 25.7. The van der Waals surface area contributed by atoms with Gasteiger partial charge in [-0.25, -0.2) is 0 Å². The Balaban J connectivity index is 1.57. The predicted octanol–water partition coefficient (Wildman–Crippen LogP) is 15.0. The van der Waals surface area contributed by atoms with E-state index in [-0.39, 0.29) is 0 Å². The highest BCUT2D eigenvalue weighted by atomic mass is 15.1. The summed E-state index contributed by atoms with van der Waals surface area (Å²) < 4.78 is 0. The molecule has 0 radical (unpaired) electrons. The number of allylic oxidation sites excluding steroid dienone is 4. The summed E-state index contributed by atoms with van der Waals surface area (Å²) in [6, 6.07) is 36.3. The molecule has 6 aromatic carbocycles. The lowest BCUT2D eigenvalue weighted by Gasteiger charge is -2.29. The number of rotatable bonds is 10. The summed E-state index contributed by atoms with van der Waals surface area (Å²) in [4.78, 5) is 4.73. The molecule has 0 aliphatic heterocycles. The van der Waals surface area contributed by atoms with Gasteiger partial charge in [0, 0.05) is 33.8 Å². The fourth-order valence-electron chi connectivity index (χ4n) is 8.07. The van der Waals surface area contributed by atoms with Gasteiger partial charge in [0.15, 0.2) is 0 Å². The van der Waals surface area contributed by atoms with Crippen LogP contribution in [-0.2, 0) is 0 Å². The van der Waals surface area contributed by atoms with Gasteiger partial charge < -0.3 is 9.80 Å². The fraction of sp³-hybridized carbons (Fsp3) is 0.192. The Morgan fingerprint density at radius 2 is 0.907 bits per heavy atom. The molecule has 0 atom stereocenters. The second-order valence-electron chi connectivity index (χ2n) is 15.4. The van der Waals surface area contributed by atoms with Crippen LogP contribution in [0.15, 0.2) is 134 Å². The number of anilines is 5. The van der Waals surface area contributed by atoms with Crippen molar-refractivity contribution < 1.29 is 0 Å². The van der Waals surface area contributed by atoms with Crippen molar-refractivity contribution in [1.82, 2.24) is 0 Å². The van der Waals surface area contributed by atoms with E-state index >= 15 is 0 Å². The van der Waals surface area contributed by atoms with E-state index in [0.29, 0.717) is 0 Å². The molecule has 54 heavy (non-hydrogen) atoms. The maximum absolute atomic E-state index is 4.70. The van der Waals surface area contributed by atoms with Crippen LogP contribution in [-0.4, -0.2) is 0 Å². The fourth-order valence-corrected chi connectivity index (χ4v) is 8.07. The average molecular weight is 707 g/mol. The largest absolute Gasteiger partial charge is 0.311 e. The SMILES string of the molecule is C=C/C=C\c1c(/C(C)=C\C(=C)N(c2cc(C)cc(C)c2)c2cc(C)cc(C)c2)ccc2c(N(c3cc(C)cc(C)c3)c3cc(C)cc(C)c3)cc(C)cc12. The summed E-state index contributed by atoms with van der Waals surface area (Å²) in [6.07, 6.45) is 8.34. The number of hydrogen-bond acceptors (Lipinski definition) is 2. The Labute approximate surface area is 324 Å². The molecular weight excluding hydrogens is 653 g/mol. The number of hydrogen-bond donors (Lipinski definition) is 0. The molecule has 0 aliphatic rings. The van der Waals surface area contributed by atoms with Crippen molar-refractivity contribution in [3.05, 3.63) is 195 Å². The van der Waals surface area contributed by atoms with Gasteiger partial charge in [-0.3, -0.25) is 0 Å². The first-order valence-corrected chi connectivity index (χ1v) is 18.9. The second-order valence-corrected chi connectivity index (χ2v) is 15.4. The maximum atomic E-state index is 4.70. The monoisotopic (exact) mass is 706 g/mol. The first kappa shape index (κ1) is 37.9. The number of fused-ring (bicyclic) bond motifs is 1. The zero-order chi connectivity index (χ0) is 38.8. The zero-order valence-corrected chi connectivity index (χ0v) is 33.9. The smallest absolute Gasteiger partial charge is 0.0542 e. The summed E-state index contributed by atoms with van der Waals surface area (Å²) >= 11 is 0. The van der Waals surface area contributed by atoms with E-state index in [1.54, 1.807) is 0 Å². The van der Waals surface area contributed by atoms with Gasteiger partial charge in [-0.05, 0) is 202 Å². The zero-order valence-electron chi connectivity index (χ0n) is 33.9. The number of aryl methyl sites for hydroxylation is 9. The van der Waals surface area contributed by atoms with E-state index in [2.05, 4.69) is 195 Å². The van der Waals surface area contributed by atoms with Crippen LogP contribution in [0.1, 0.15) is 68.1 Å². The molecule has 0 aromatic heterocycles. The molecule has 0 spiro atoms. The van der Waals surface area contributed by atoms with Gasteiger partial charge in [0.2, 0.25) is 0 Å². The van der Waals surface area contributed by atoms with E-state index in [1.807, 2.05) is 12.2 Å². The molecule has 0 heterocycles. The number of nitrogens with zero attached hydrogens (tertiary/aromatic N) is 2.